The third-order valence-electron chi connectivity index (χ3n) is 5.09. The van der Waals surface area contributed by atoms with Crippen molar-refractivity contribution in [1.82, 2.24) is 29.5 Å². The van der Waals surface area contributed by atoms with Crippen molar-refractivity contribution >= 4 is 33.4 Å². The molecule has 0 aliphatic heterocycles. The Labute approximate surface area is 186 Å². The SMILES string of the molecule is Cc1nn(CC(=O)Nc2nc(-c3ccnn3C)cs2)c2nccc(-c3ccc(F)cc3)c12. The highest BCUT2D eigenvalue weighted by atomic mass is 32.1. The van der Waals surface area contributed by atoms with Crippen LogP contribution >= 0.6 is 11.3 Å². The number of fused-ring (bicyclic) bond motifs is 1. The fourth-order valence-electron chi connectivity index (χ4n) is 3.63. The van der Waals surface area contributed by atoms with Gasteiger partial charge in [0.15, 0.2) is 10.8 Å². The van der Waals surface area contributed by atoms with Crippen LogP contribution in [0.2, 0.25) is 0 Å². The zero-order valence-electron chi connectivity index (χ0n) is 17.3. The van der Waals surface area contributed by atoms with Gasteiger partial charge in [0, 0.05) is 30.2 Å². The fourth-order valence-corrected chi connectivity index (χ4v) is 4.35. The molecule has 0 bridgehead atoms. The number of carbonyl (C=O) groups excluding carboxylic acids is 1. The first-order valence-electron chi connectivity index (χ1n) is 9.81. The number of aryl methyl sites for hydroxylation is 2. The molecule has 0 fully saturated rings. The van der Waals surface area contributed by atoms with Crippen molar-refractivity contribution in [2.24, 2.45) is 7.05 Å². The van der Waals surface area contributed by atoms with E-state index < -0.39 is 0 Å². The molecule has 8 nitrogen and oxygen atoms in total. The van der Waals surface area contributed by atoms with Crippen LogP contribution in [0, 0.1) is 12.7 Å². The first-order valence-corrected chi connectivity index (χ1v) is 10.7. The standard InChI is InChI=1S/C22H18FN7OS/c1-13-20-16(14-3-5-15(23)6-4-14)7-9-24-21(20)30(28-13)11-19(31)27-22-26-17(12-32-22)18-8-10-25-29(18)2/h3-10,12H,11H2,1-2H3,(H,26,27,31). The number of carbonyl (C=O) groups is 1. The summed E-state index contributed by atoms with van der Waals surface area (Å²) in [5.41, 5.74) is 4.70. The molecule has 5 aromatic rings. The third-order valence-corrected chi connectivity index (χ3v) is 5.85. The molecule has 4 aromatic heterocycles. The zero-order chi connectivity index (χ0) is 22.2. The van der Waals surface area contributed by atoms with Gasteiger partial charge in [-0.05, 0) is 42.3 Å². The summed E-state index contributed by atoms with van der Waals surface area (Å²) in [5.74, 6) is -0.550. The highest BCUT2D eigenvalue weighted by molar-refractivity contribution is 7.14. The van der Waals surface area contributed by atoms with Gasteiger partial charge in [-0.2, -0.15) is 10.2 Å². The molecule has 0 saturated heterocycles. The van der Waals surface area contributed by atoms with Gasteiger partial charge < -0.3 is 5.32 Å². The average Bonchev–Trinajstić information content (AvgIpc) is 3.48. The first kappa shape index (κ1) is 20.0. The van der Waals surface area contributed by atoms with E-state index in [0.29, 0.717) is 10.8 Å². The van der Waals surface area contributed by atoms with Crippen LogP contribution in [0.5, 0.6) is 0 Å². The smallest absolute Gasteiger partial charge is 0.247 e. The van der Waals surface area contributed by atoms with Gasteiger partial charge >= 0.3 is 0 Å². The number of benzene rings is 1. The maximum Gasteiger partial charge on any atom is 0.247 e. The highest BCUT2D eigenvalue weighted by Crippen LogP contribution is 2.30. The lowest BCUT2D eigenvalue weighted by molar-refractivity contribution is -0.116. The Balaban J connectivity index is 1.39. The van der Waals surface area contributed by atoms with Crippen LogP contribution in [0.15, 0.2) is 54.2 Å². The second kappa shape index (κ2) is 7.97. The number of anilines is 1. The molecule has 0 unspecified atom stereocenters. The van der Waals surface area contributed by atoms with E-state index in [1.807, 2.05) is 31.5 Å². The van der Waals surface area contributed by atoms with E-state index in [9.17, 15) is 9.18 Å². The largest absolute Gasteiger partial charge is 0.300 e. The molecule has 1 aromatic carbocycles. The van der Waals surface area contributed by atoms with Crippen molar-refractivity contribution in [3.05, 3.63) is 65.7 Å². The van der Waals surface area contributed by atoms with Crippen molar-refractivity contribution in [2.75, 3.05) is 5.32 Å². The normalized spacial score (nSPS) is 11.2. The minimum absolute atomic E-state index is 0.00909. The molecule has 1 N–H and O–H groups in total. The van der Waals surface area contributed by atoms with Gasteiger partial charge in [0.05, 0.1) is 11.4 Å². The molecule has 0 aliphatic carbocycles. The molecule has 32 heavy (non-hydrogen) atoms. The number of hydrogen-bond donors (Lipinski definition) is 1. The summed E-state index contributed by atoms with van der Waals surface area (Å²) in [6.45, 7) is 1.86. The molecule has 0 aliphatic rings. The number of aromatic nitrogens is 6. The highest BCUT2D eigenvalue weighted by Gasteiger charge is 2.17. The second-order valence-corrected chi connectivity index (χ2v) is 8.09. The lowest BCUT2D eigenvalue weighted by Gasteiger charge is -2.06. The van der Waals surface area contributed by atoms with E-state index in [2.05, 4.69) is 25.5 Å². The molecule has 4 heterocycles. The maximum atomic E-state index is 13.3. The van der Waals surface area contributed by atoms with E-state index in [4.69, 9.17) is 0 Å². The molecule has 160 valence electrons. The summed E-state index contributed by atoms with van der Waals surface area (Å²) >= 11 is 1.34. The van der Waals surface area contributed by atoms with E-state index in [1.54, 1.807) is 33.9 Å². The number of pyridine rings is 1. The van der Waals surface area contributed by atoms with Gasteiger partial charge in [-0.25, -0.2) is 19.0 Å². The molecule has 1 amide bonds. The summed E-state index contributed by atoms with van der Waals surface area (Å²) < 4.78 is 16.6. The van der Waals surface area contributed by atoms with Gasteiger partial charge in [-0.1, -0.05) is 12.1 Å². The molecule has 0 spiro atoms. The van der Waals surface area contributed by atoms with Gasteiger partial charge in [0.1, 0.15) is 18.1 Å². The Morgan fingerprint density at radius 1 is 1.16 bits per heavy atom. The third kappa shape index (κ3) is 3.65. The Hall–Kier alpha value is -3.92. The van der Waals surface area contributed by atoms with Gasteiger partial charge in [-0.3, -0.25) is 9.48 Å². The number of nitrogens with one attached hydrogen (secondary N) is 1. The van der Waals surface area contributed by atoms with Crippen molar-refractivity contribution in [3.63, 3.8) is 0 Å². The van der Waals surface area contributed by atoms with Crippen molar-refractivity contribution in [3.8, 4) is 22.5 Å². The second-order valence-electron chi connectivity index (χ2n) is 7.23. The lowest BCUT2D eigenvalue weighted by Crippen LogP contribution is -2.19. The topological polar surface area (TPSA) is 90.5 Å². The van der Waals surface area contributed by atoms with Gasteiger partial charge in [-0.15, -0.1) is 11.3 Å². The summed E-state index contributed by atoms with van der Waals surface area (Å²) in [4.78, 5) is 21.6. The molecule has 0 radical (unpaired) electrons. The molecular formula is C22H18FN7OS. The fraction of sp³-hybridized carbons (Fsp3) is 0.136. The van der Waals surface area contributed by atoms with E-state index >= 15 is 0 Å². The quantitative estimate of drug-likeness (QED) is 0.439. The molecular weight excluding hydrogens is 429 g/mol. The Bertz CT molecular complexity index is 1430. The molecule has 10 heteroatoms. The van der Waals surface area contributed by atoms with Crippen LogP contribution in [0.25, 0.3) is 33.5 Å². The van der Waals surface area contributed by atoms with E-state index in [0.717, 1.165) is 33.6 Å². The van der Waals surface area contributed by atoms with Crippen molar-refractivity contribution in [2.45, 2.75) is 13.5 Å². The minimum Gasteiger partial charge on any atom is -0.300 e. The van der Waals surface area contributed by atoms with Crippen LogP contribution in [0.3, 0.4) is 0 Å². The van der Waals surface area contributed by atoms with Crippen molar-refractivity contribution in [1.29, 1.82) is 0 Å². The van der Waals surface area contributed by atoms with Crippen LogP contribution in [0.1, 0.15) is 5.69 Å². The number of nitrogens with zero attached hydrogens (tertiary/aromatic N) is 6. The average molecular weight is 447 g/mol. The Kier molecular flexibility index (Phi) is 4.98. The Morgan fingerprint density at radius 3 is 2.72 bits per heavy atom. The summed E-state index contributed by atoms with van der Waals surface area (Å²) in [7, 11) is 1.84. The summed E-state index contributed by atoms with van der Waals surface area (Å²) in [6, 6.07) is 10.0. The van der Waals surface area contributed by atoms with Gasteiger partial charge in [0.25, 0.3) is 0 Å². The number of amides is 1. The molecule has 0 saturated carbocycles. The number of rotatable bonds is 5. The van der Waals surface area contributed by atoms with E-state index in [-0.39, 0.29) is 18.3 Å². The summed E-state index contributed by atoms with van der Waals surface area (Å²) in [6.07, 6.45) is 3.36. The maximum absolute atomic E-state index is 13.3. The molecule has 5 rings (SSSR count). The van der Waals surface area contributed by atoms with Crippen molar-refractivity contribution < 1.29 is 9.18 Å². The van der Waals surface area contributed by atoms with Crippen LogP contribution in [0.4, 0.5) is 9.52 Å². The monoisotopic (exact) mass is 447 g/mol. The van der Waals surface area contributed by atoms with Crippen LogP contribution < -0.4 is 5.32 Å². The lowest BCUT2D eigenvalue weighted by atomic mass is 10.0. The van der Waals surface area contributed by atoms with E-state index in [1.165, 1.54) is 23.5 Å². The summed E-state index contributed by atoms with van der Waals surface area (Å²) in [5, 5.41) is 14.7. The van der Waals surface area contributed by atoms with Gasteiger partial charge in [0.2, 0.25) is 5.91 Å². The predicted molar refractivity (Wildman–Crippen MR) is 121 cm³/mol. The predicted octanol–water partition coefficient (Wildman–Crippen LogP) is 4.04. The number of thiazole rings is 1. The first-order chi connectivity index (χ1) is 15.5. The zero-order valence-corrected chi connectivity index (χ0v) is 18.1. The Morgan fingerprint density at radius 2 is 1.97 bits per heavy atom. The minimum atomic E-state index is -0.295. The number of hydrogen-bond acceptors (Lipinski definition) is 6. The number of halogens is 1. The molecule has 0 atom stereocenters. The van der Waals surface area contributed by atoms with Crippen LogP contribution in [-0.4, -0.2) is 35.4 Å². The van der Waals surface area contributed by atoms with Crippen LogP contribution in [-0.2, 0) is 18.4 Å².